The Bertz CT molecular complexity index is 564. The largest absolute Gasteiger partial charge is 0.469 e. The molecule has 0 saturated carbocycles. The van der Waals surface area contributed by atoms with Crippen molar-refractivity contribution in [1.29, 1.82) is 0 Å². The normalized spacial score (nSPS) is 10.7. The van der Waals surface area contributed by atoms with Crippen molar-refractivity contribution in [2.24, 2.45) is 0 Å². The van der Waals surface area contributed by atoms with Crippen LogP contribution in [0.1, 0.15) is 37.7 Å². The fourth-order valence-electron chi connectivity index (χ4n) is 2.40. The molecule has 2 aromatic rings. The summed E-state index contributed by atoms with van der Waals surface area (Å²) in [4.78, 5) is 11.0. The minimum absolute atomic E-state index is 0.110. The average Bonchev–Trinajstić information content (AvgIpc) is 3.12. The predicted molar refractivity (Wildman–Crippen MR) is 90.4 cm³/mol. The number of unbranched alkanes of at least 4 members (excludes halogenated alkanes) is 3. The molecule has 0 radical (unpaired) electrons. The van der Waals surface area contributed by atoms with Gasteiger partial charge in [0.05, 0.1) is 12.8 Å². The van der Waals surface area contributed by atoms with E-state index in [1.54, 1.807) is 6.20 Å². The van der Waals surface area contributed by atoms with Crippen molar-refractivity contribution in [2.75, 3.05) is 13.7 Å². The maximum Gasteiger partial charge on any atom is 0.305 e. The van der Waals surface area contributed by atoms with Crippen molar-refractivity contribution >= 4 is 5.97 Å². The van der Waals surface area contributed by atoms with Crippen LogP contribution in [-0.2, 0) is 16.1 Å². The van der Waals surface area contributed by atoms with Gasteiger partial charge in [-0.15, -0.1) is 0 Å². The number of nitrogens with zero attached hydrogens (tertiary/aromatic N) is 2. The van der Waals surface area contributed by atoms with Crippen LogP contribution >= 0.6 is 0 Å². The Morgan fingerprint density at radius 2 is 1.96 bits per heavy atom. The molecule has 0 saturated heterocycles. The van der Waals surface area contributed by atoms with E-state index in [4.69, 9.17) is 0 Å². The fourth-order valence-corrected chi connectivity index (χ4v) is 2.40. The van der Waals surface area contributed by atoms with Gasteiger partial charge in [-0.25, -0.2) is 4.68 Å². The molecular formula is C18H25N3O2. The van der Waals surface area contributed by atoms with Crippen molar-refractivity contribution in [2.45, 2.75) is 38.6 Å². The van der Waals surface area contributed by atoms with Gasteiger partial charge >= 0.3 is 5.97 Å². The van der Waals surface area contributed by atoms with Gasteiger partial charge in [0.15, 0.2) is 0 Å². The van der Waals surface area contributed by atoms with Crippen LogP contribution in [0, 0.1) is 0 Å². The van der Waals surface area contributed by atoms with Crippen LogP contribution in [0.5, 0.6) is 0 Å². The van der Waals surface area contributed by atoms with Gasteiger partial charge in [0.1, 0.15) is 0 Å². The zero-order valence-corrected chi connectivity index (χ0v) is 13.7. The molecule has 0 unspecified atom stereocenters. The standard InChI is InChI=1S/C18H25N3O2/c1-23-18(22)7-4-2-3-5-12-19-15-16-8-10-17(11-9-16)21-14-6-13-20-21/h6,8-11,13-14,19H,2-5,7,12,15H2,1H3. The van der Waals surface area contributed by atoms with E-state index in [1.165, 1.54) is 12.7 Å². The first-order chi connectivity index (χ1) is 11.3. The number of hydrogen-bond acceptors (Lipinski definition) is 4. The Balaban J connectivity index is 1.55. The molecule has 0 atom stereocenters. The molecule has 5 heteroatoms. The molecule has 0 aliphatic carbocycles. The van der Waals surface area contributed by atoms with Gasteiger partial charge in [-0.2, -0.15) is 5.10 Å². The number of benzene rings is 1. The third-order valence-corrected chi connectivity index (χ3v) is 3.75. The highest BCUT2D eigenvalue weighted by Gasteiger charge is 1.99. The van der Waals surface area contributed by atoms with Crippen molar-refractivity contribution < 1.29 is 9.53 Å². The van der Waals surface area contributed by atoms with Crippen LogP contribution < -0.4 is 5.32 Å². The Labute approximate surface area is 137 Å². The summed E-state index contributed by atoms with van der Waals surface area (Å²) < 4.78 is 6.47. The van der Waals surface area contributed by atoms with E-state index in [9.17, 15) is 4.79 Å². The van der Waals surface area contributed by atoms with Gasteiger partial charge in [0, 0.05) is 25.4 Å². The zero-order chi connectivity index (χ0) is 16.3. The van der Waals surface area contributed by atoms with Gasteiger partial charge in [-0.3, -0.25) is 4.79 Å². The summed E-state index contributed by atoms with van der Waals surface area (Å²) in [7, 11) is 1.44. The third-order valence-electron chi connectivity index (χ3n) is 3.75. The van der Waals surface area contributed by atoms with Gasteiger partial charge in [0.2, 0.25) is 0 Å². The van der Waals surface area contributed by atoms with E-state index in [1.807, 2.05) is 16.9 Å². The topological polar surface area (TPSA) is 56.1 Å². The Hall–Kier alpha value is -2.14. The van der Waals surface area contributed by atoms with E-state index in [0.717, 1.165) is 44.5 Å². The molecule has 1 aromatic carbocycles. The Morgan fingerprint density at radius 3 is 2.65 bits per heavy atom. The van der Waals surface area contributed by atoms with Crippen molar-refractivity contribution in [3.05, 3.63) is 48.3 Å². The van der Waals surface area contributed by atoms with Gasteiger partial charge < -0.3 is 10.1 Å². The zero-order valence-electron chi connectivity index (χ0n) is 13.7. The van der Waals surface area contributed by atoms with Crippen molar-refractivity contribution in [1.82, 2.24) is 15.1 Å². The van der Waals surface area contributed by atoms with Crippen LogP contribution in [0.4, 0.5) is 0 Å². The maximum absolute atomic E-state index is 11.0. The summed E-state index contributed by atoms with van der Waals surface area (Å²) >= 11 is 0. The molecule has 0 spiro atoms. The molecule has 2 rings (SSSR count). The maximum atomic E-state index is 11.0. The summed E-state index contributed by atoms with van der Waals surface area (Å²) in [6, 6.07) is 10.3. The summed E-state index contributed by atoms with van der Waals surface area (Å²) in [5.41, 5.74) is 2.34. The number of esters is 1. The third kappa shape index (κ3) is 6.24. The summed E-state index contributed by atoms with van der Waals surface area (Å²) in [5.74, 6) is -0.110. The number of rotatable bonds is 10. The first-order valence-electron chi connectivity index (χ1n) is 8.16. The molecule has 124 valence electrons. The molecule has 0 amide bonds. The lowest BCUT2D eigenvalue weighted by Gasteiger charge is -2.06. The lowest BCUT2D eigenvalue weighted by molar-refractivity contribution is -0.140. The predicted octanol–water partition coefficient (Wildman–Crippen LogP) is 3.09. The lowest BCUT2D eigenvalue weighted by atomic mass is 10.1. The van der Waals surface area contributed by atoms with E-state index in [2.05, 4.69) is 39.4 Å². The molecule has 0 aliphatic heterocycles. The second-order valence-corrected chi connectivity index (χ2v) is 5.53. The molecule has 1 heterocycles. The molecule has 1 aromatic heterocycles. The monoisotopic (exact) mass is 315 g/mol. The highest BCUT2D eigenvalue weighted by Crippen LogP contribution is 2.08. The average molecular weight is 315 g/mol. The number of ether oxygens (including phenoxy) is 1. The molecule has 1 N–H and O–H groups in total. The highest BCUT2D eigenvalue weighted by molar-refractivity contribution is 5.68. The van der Waals surface area contributed by atoms with Crippen molar-refractivity contribution in [3.63, 3.8) is 0 Å². The van der Waals surface area contributed by atoms with E-state index < -0.39 is 0 Å². The van der Waals surface area contributed by atoms with Gasteiger partial charge in [0.25, 0.3) is 0 Å². The van der Waals surface area contributed by atoms with Crippen LogP contribution in [0.2, 0.25) is 0 Å². The van der Waals surface area contributed by atoms with Crippen LogP contribution in [-0.4, -0.2) is 29.4 Å². The van der Waals surface area contributed by atoms with E-state index in [-0.39, 0.29) is 5.97 Å². The minimum Gasteiger partial charge on any atom is -0.469 e. The summed E-state index contributed by atoms with van der Waals surface area (Å²) in [6.45, 7) is 1.88. The second-order valence-electron chi connectivity index (χ2n) is 5.53. The molecule has 0 aliphatic rings. The number of aromatic nitrogens is 2. The van der Waals surface area contributed by atoms with Crippen LogP contribution in [0.3, 0.4) is 0 Å². The first kappa shape index (κ1) is 17.2. The molecular weight excluding hydrogens is 290 g/mol. The van der Waals surface area contributed by atoms with Crippen LogP contribution in [0.25, 0.3) is 5.69 Å². The number of carbonyl (C=O) groups is 1. The number of nitrogens with one attached hydrogen (secondary N) is 1. The van der Waals surface area contributed by atoms with E-state index in [0.29, 0.717) is 6.42 Å². The summed E-state index contributed by atoms with van der Waals surface area (Å²) in [5, 5.41) is 7.67. The molecule has 23 heavy (non-hydrogen) atoms. The lowest BCUT2D eigenvalue weighted by Crippen LogP contribution is -2.14. The first-order valence-corrected chi connectivity index (χ1v) is 8.16. The van der Waals surface area contributed by atoms with E-state index >= 15 is 0 Å². The highest BCUT2D eigenvalue weighted by atomic mass is 16.5. The number of carbonyl (C=O) groups excluding carboxylic acids is 1. The summed E-state index contributed by atoms with van der Waals surface area (Å²) in [6.07, 6.45) is 8.52. The van der Waals surface area contributed by atoms with Crippen molar-refractivity contribution in [3.8, 4) is 5.69 Å². The number of methoxy groups -OCH3 is 1. The molecule has 0 bridgehead atoms. The SMILES string of the molecule is COC(=O)CCCCCCNCc1ccc(-n2cccn2)cc1. The van der Waals surface area contributed by atoms with Crippen LogP contribution in [0.15, 0.2) is 42.7 Å². The minimum atomic E-state index is -0.110. The second kappa shape index (κ2) is 9.79. The quantitative estimate of drug-likeness (QED) is 0.541. The Kier molecular flexibility index (Phi) is 7.33. The smallest absolute Gasteiger partial charge is 0.305 e. The molecule has 5 nitrogen and oxygen atoms in total. The van der Waals surface area contributed by atoms with Gasteiger partial charge in [-0.05, 0) is 43.1 Å². The van der Waals surface area contributed by atoms with Gasteiger partial charge in [-0.1, -0.05) is 25.0 Å². The Morgan fingerprint density at radius 1 is 1.17 bits per heavy atom. The number of hydrogen-bond donors (Lipinski definition) is 1. The molecule has 0 fully saturated rings. The fraction of sp³-hybridized carbons (Fsp3) is 0.444.